The van der Waals surface area contributed by atoms with Gasteiger partial charge in [0.15, 0.2) is 6.54 Å². The van der Waals surface area contributed by atoms with Gasteiger partial charge in [-0.1, -0.05) is 78.9 Å². The van der Waals surface area contributed by atoms with Gasteiger partial charge in [0.1, 0.15) is 0 Å². The van der Waals surface area contributed by atoms with Gasteiger partial charge in [0.05, 0.1) is 0 Å². The molecule has 190 valence electrons. The molecule has 2 heterocycles. The molecule has 5 aromatic rings. The van der Waals surface area contributed by atoms with E-state index in [-0.39, 0.29) is 0 Å². The zero-order chi connectivity index (χ0) is 26.8. The summed E-state index contributed by atoms with van der Waals surface area (Å²) in [5.41, 5.74) is 8.34. The van der Waals surface area contributed by atoms with Crippen molar-refractivity contribution in [1.82, 2.24) is 4.98 Å². The van der Waals surface area contributed by atoms with Crippen molar-refractivity contribution in [3.05, 3.63) is 144 Å². The number of pyridine rings is 2. The quantitative estimate of drug-likeness (QED) is 0.316. The Hall–Kier alpha value is -4.17. The molecule has 0 amide bonds. The fraction of sp³-hybridized carbons (Fsp3) is 0.0323. The lowest BCUT2D eigenvalue weighted by molar-refractivity contribution is -2.00. The Morgan fingerprint density at radius 3 is 1.71 bits per heavy atom. The molecule has 0 spiro atoms. The highest BCUT2D eigenvalue weighted by Gasteiger charge is 2.20. The van der Waals surface area contributed by atoms with Crippen molar-refractivity contribution in [1.29, 1.82) is 0 Å². The molecule has 0 atom stereocenters. The number of hydrogen-bond acceptors (Lipinski definition) is 5. The van der Waals surface area contributed by atoms with Gasteiger partial charge in [-0.2, -0.15) is 4.57 Å². The van der Waals surface area contributed by atoms with Gasteiger partial charge in [-0.15, -0.1) is 10.2 Å². The normalized spacial score (nSPS) is 11.2. The van der Waals surface area contributed by atoms with Crippen molar-refractivity contribution < 1.29 is 33.4 Å². The molecule has 0 fully saturated rings. The maximum Gasteiger partial charge on any atom is 0.213 e. The molecule has 7 heteroatoms. The topological polar surface area (TPSA) is 109 Å². The number of aromatic nitrogens is 2. The first-order valence-corrected chi connectivity index (χ1v) is 13.0. The van der Waals surface area contributed by atoms with E-state index >= 15 is 0 Å². The van der Waals surface area contributed by atoms with Crippen molar-refractivity contribution in [3.63, 3.8) is 0 Å². The van der Waals surface area contributed by atoms with E-state index in [0.717, 1.165) is 17.8 Å². The smallest absolute Gasteiger partial charge is 0.213 e. The first kappa shape index (κ1) is 26.9. The number of halogens is 1. The van der Waals surface area contributed by atoms with Gasteiger partial charge in [-0.25, -0.2) is 18.6 Å². The van der Waals surface area contributed by atoms with Crippen LogP contribution in [0.4, 0.5) is 0 Å². The molecule has 0 aliphatic carbocycles. The average molecular weight is 525 g/mol. The summed E-state index contributed by atoms with van der Waals surface area (Å²) in [4.78, 5) is 4.14. The van der Waals surface area contributed by atoms with Gasteiger partial charge in [0.25, 0.3) is 0 Å². The molecule has 38 heavy (non-hydrogen) atoms. The van der Waals surface area contributed by atoms with Crippen molar-refractivity contribution in [2.24, 2.45) is 0 Å². The third kappa shape index (κ3) is 8.18. The van der Waals surface area contributed by atoms with Crippen LogP contribution in [0.1, 0.15) is 16.8 Å². The highest BCUT2D eigenvalue weighted by atomic mass is 35.7. The van der Waals surface area contributed by atoms with Crippen LogP contribution >= 0.6 is 0 Å². The van der Waals surface area contributed by atoms with Crippen LogP contribution in [0.15, 0.2) is 128 Å². The van der Waals surface area contributed by atoms with Crippen LogP contribution in [-0.2, 0) is 6.54 Å². The van der Waals surface area contributed by atoms with Gasteiger partial charge in [0, 0.05) is 41.7 Å². The second-order valence-electron chi connectivity index (χ2n) is 8.35. The summed E-state index contributed by atoms with van der Waals surface area (Å²) in [7, 11) is -4.94. The first-order valence-electron chi connectivity index (χ1n) is 11.8. The van der Waals surface area contributed by atoms with E-state index in [1.54, 1.807) is 0 Å². The summed E-state index contributed by atoms with van der Waals surface area (Å²) >= 11 is 0. The second kappa shape index (κ2) is 12.9. The molecule has 0 radical (unpaired) electrons. The summed E-state index contributed by atoms with van der Waals surface area (Å²) in [5, 5.41) is 0. The lowest BCUT2D eigenvalue weighted by Gasteiger charge is -2.17. The summed E-state index contributed by atoms with van der Waals surface area (Å²) in [6.07, 6.45) is 8.01. The lowest BCUT2D eigenvalue weighted by atomic mass is 10.0. The molecule has 0 N–H and O–H groups in total. The van der Waals surface area contributed by atoms with Crippen LogP contribution in [0.5, 0.6) is 0 Å². The molecular weight excluding hydrogens is 500 g/mol. The van der Waals surface area contributed by atoms with Crippen LogP contribution in [0, 0.1) is 10.2 Å². The molecule has 0 bridgehead atoms. The second-order valence-corrected chi connectivity index (χ2v) is 9.11. The summed E-state index contributed by atoms with van der Waals surface area (Å²) in [6, 6.07) is 40.5. The van der Waals surface area contributed by atoms with Crippen LogP contribution < -0.4 is 23.2 Å². The Kier molecular flexibility index (Phi) is 9.11. The Balaban J connectivity index is 0.000000617. The van der Waals surface area contributed by atoms with Crippen molar-refractivity contribution >= 4 is 12.2 Å². The van der Waals surface area contributed by atoms with E-state index in [4.69, 9.17) is 18.6 Å². The number of rotatable bonds is 6. The van der Waals surface area contributed by atoms with Crippen molar-refractivity contribution in [2.75, 3.05) is 0 Å². The molecule has 0 saturated carbocycles. The molecular formula is C31H25ClN2O4. The standard InChI is InChI=1S/C31H25N2.ClHO4/c1-4-10-26(11-5-1)24-33-30(17-16-25-18-20-32-21-19-25)22-29(27-12-6-2-7-13-27)23-31(33)28-14-8-3-9-15-28;2-1(3,4)5/h1-23H,24H2;(H,2,3,4,5)/q+1;/p-1/b17-16+;. The average Bonchev–Trinajstić information content (AvgIpc) is 2.93. The van der Waals surface area contributed by atoms with E-state index in [2.05, 4.69) is 125 Å². The molecule has 0 unspecified atom stereocenters. The SMILES string of the molecule is C(=C\c1cc(-c2ccccc2)cc(-c2ccccc2)[n+]1Cc1ccccc1)/c1ccncc1.[O-][Cl+3]([O-])([O-])[O-]. The maximum atomic E-state index is 8.49. The van der Waals surface area contributed by atoms with E-state index in [1.165, 1.54) is 27.9 Å². The number of nitrogens with zero attached hydrogens (tertiary/aromatic N) is 2. The van der Waals surface area contributed by atoms with Crippen LogP contribution in [0.25, 0.3) is 34.5 Å². The van der Waals surface area contributed by atoms with Crippen LogP contribution in [0.2, 0.25) is 0 Å². The number of hydrogen-bond donors (Lipinski definition) is 0. The van der Waals surface area contributed by atoms with Gasteiger partial charge in [0.2, 0.25) is 11.4 Å². The van der Waals surface area contributed by atoms with Crippen molar-refractivity contribution in [2.45, 2.75) is 6.54 Å². The van der Waals surface area contributed by atoms with Gasteiger partial charge < -0.3 is 0 Å². The zero-order valence-electron chi connectivity index (χ0n) is 20.4. The van der Waals surface area contributed by atoms with Crippen molar-refractivity contribution in [3.8, 4) is 22.4 Å². The minimum Gasteiger partial charge on any atom is -0.265 e. The Labute approximate surface area is 223 Å². The molecule has 3 aromatic carbocycles. The monoisotopic (exact) mass is 524 g/mol. The minimum atomic E-state index is -4.94. The molecule has 0 aliphatic rings. The Morgan fingerprint density at radius 2 is 1.13 bits per heavy atom. The molecule has 6 nitrogen and oxygen atoms in total. The van der Waals surface area contributed by atoms with Gasteiger partial charge in [-0.3, -0.25) is 4.98 Å². The summed E-state index contributed by atoms with van der Waals surface area (Å²) in [5.74, 6) is 0. The Bertz CT molecular complexity index is 1450. The minimum absolute atomic E-state index is 0.788. The van der Waals surface area contributed by atoms with E-state index in [9.17, 15) is 0 Å². The third-order valence-corrected chi connectivity index (χ3v) is 5.71. The van der Waals surface area contributed by atoms with E-state index in [1.807, 2.05) is 24.5 Å². The molecule has 2 aromatic heterocycles. The van der Waals surface area contributed by atoms with Gasteiger partial charge in [-0.05, 0) is 47.0 Å². The summed E-state index contributed by atoms with van der Waals surface area (Å²) < 4.78 is 36.4. The predicted octanol–water partition coefficient (Wildman–Crippen LogP) is 2.17. The lowest BCUT2D eigenvalue weighted by Crippen LogP contribution is -2.68. The van der Waals surface area contributed by atoms with E-state index in [0.29, 0.717) is 0 Å². The third-order valence-electron chi connectivity index (χ3n) is 5.71. The fourth-order valence-electron chi connectivity index (χ4n) is 4.03. The predicted molar refractivity (Wildman–Crippen MR) is 136 cm³/mol. The van der Waals surface area contributed by atoms with Crippen LogP contribution in [0.3, 0.4) is 0 Å². The van der Waals surface area contributed by atoms with Gasteiger partial charge >= 0.3 is 0 Å². The fourth-order valence-corrected chi connectivity index (χ4v) is 4.03. The summed E-state index contributed by atoms with van der Waals surface area (Å²) in [6.45, 7) is 0.788. The zero-order valence-corrected chi connectivity index (χ0v) is 21.1. The largest absolute Gasteiger partial charge is 0.265 e. The Morgan fingerprint density at radius 1 is 0.605 bits per heavy atom. The molecule has 0 aliphatic heterocycles. The van der Waals surface area contributed by atoms with E-state index < -0.39 is 10.2 Å². The van der Waals surface area contributed by atoms with Crippen LogP contribution in [-0.4, -0.2) is 4.98 Å². The number of benzene rings is 3. The molecule has 0 saturated heterocycles. The maximum absolute atomic E-state index is 8.49. The molecule has 5 rings (SSSR count). The first-order chi connectivity index (χ1) is 18.4. The highest BCUT2D eigenvalue weighted by Crippen LogP contribution is 2.26. The highest BCUT2D eigenvalue weighted by molar-refractivity contribution is 5.74.